The molecule has 0 saturated heterocycles. The minimum absolute atomic E-state index is 0.0485. The molecule has 2 aromatic rings. The van der Waals surface area contributed by atoms with Crippen molar-refractivity contribution in [1.29, 1.82) is 0 Å². The highest BCUT2D eigenvalue weighted by atomic mass is 32.1. The van der Waals surface area contributed by atoms with E-state index >= 15 is 0 Å². The number of aliphatic imine (C=N–C) groups is 1. The van der Waals surface area contributed by atoms with Gasteiger partial charge in [-0.3, -0.25) is 18.9 Å². The Morgan fingerprint density at radius 2 is 1.84 bits per heavy atom. The molecule has 1 aromatic heterocycles. The van der Waals surface area contributed by atoms with Crippen molar-refractivity contribution >= 4 is 18.4 Å². The van der Waals surface area contributed by atoms with E-state index in [2.05, 4.69) is 17.1 Å². The topological polar surface area (TPSA) is 59.5 Å². The Hall–Kier alpha value is -2.21. The molecule has 0 aliphatic heterocycles. The number of rotatable bonds is 7. The lowest BCUT2D eigenvalue weighted by molar-refractivity contribution is 0.399. The summed E-state index contributed by atoms with van der Waals surface area (Å²) in [5.41, 5.74) is 1.16. The van der Waals surface area contributed by atoms with Gasteiger partial charge in [0, 0.05) is 25.3 Å². The summed E-state index contributed by atoms with van der Waals surface area (Å²) in [7, 11) is 0. The molecule has 6 heteroatoms. The monoisotopic (exact) mass is 359 g/mol. The maximum Gasteiger partial charge on any atom is 0.267 e. The second-order valence-corrected chi connectivity index (χ2v) is 6.33. The molecule has 25 heavy (non-hydrogen) atoms. The molecular weight excluding hydrogens is 334 g/mol. The molecule has 1 N–H and O–H groups in total. The van der Waals surface area contributed by atoms with Gasteiger partial charge in [0.2, 0.25) is 5.88 Å². The molecule has 1 unspecified atom stereocenters. The van der Waals surface area contributed by atoms with Gasteiger partial charge in [-0.05, 0) is 51.4 Å². The van der Waals surface area contributed by atoms with E-state index in [4.69, 9.17) is 12.2 Å². The van der Waals surface area contributed by atoms with Crippen LogP contribution in [-0.2, 0) is 19.5 Å². The minimum Gasteiger partial charge on any atom is -0.494 e. The fourth-order valence-corrected chi connectivity index (χ4v) is 3.11. The largest absolute Gasteiger partial charge is 0.494 e. The zero-order valence-corrected chi connectivity index (χ0v) is 15.8. The first-order valence-corrected chi connectivity index (χ1v) is 9.04. The van der Waals surface area contributed by atoms with Crippen molar-refractivity contribution in [2.24, 2.45) is 4.99 Å². The lowest BCUT2D eigenvalue weighted by Gasteiger charge is -2.14. The van der Waals surface area contributed by atoms with Crippen molar-refractivity contribution in [3.63, 3.8) is 0 Å². The van der Waals surface area contributed by atoms with Crippen molar-refractivity contribution in [2.75, 3.05) is 0 Å². The van der Waals surface area contributed by atoms with E-state index in [1.165, 1.54) is 16.3 Å². The first-order chi connectivity index (χ1) is 12.0. The first kappa shape index (κ1) is 19.1. The number of benzene rings is 1. The number of aromatic nitrogens is 2. The maximum absolute atomic E-state index is 12.5. The Labute approximate surface area is 153 Å². The molecule has 0 aliphatic carbocycles. The summed E-state index contributed by atoms with van der Waals surface area (Å²) in [6.45, 7) is 6.70. The van der Waals surface area contributed by atoms with Crippen LogP contribution >= 0.6 is 12.2 Å². The van der Waals surface area contributed by atoms with Crippen molar-refractivity contribution in [3.05, 3.63) is 56.6 Å². The summed E-state index contributed by atoms with van der Waals surface area (Å²) < 4.78 is 3.37. The highest BCUT2D eigenvalue weighted by molar-refractivity contribution is 7.71. The second-order valence-electron chi connectivity index (χ2n) is 5.96. The maximum atomic E-state index is 12.5. The third-order valence-corrected chi connectivity index (χ3v) is 4.66. The van der Waals surface area contributed by atoms with Gasteiger partial charge in [-0.1, -0.05) is 30.3 Å². The Balaban J connectivity index is 2.22. The number of aromatic hydroxyl groups is 1. The molecule has 0 radical (unpaired) electrons. The SMILES string of the molecule is CCn1c(O)c(C=NC(C)CCc2ccccc2)c(=O)n(CC)c1=S. The summed E-state index contributed by atoms with van der Waals surface area (Å²) in [6.07, 6.45) is 3.28. The predicted octanol–water partition coefficient (Wildman–Crippen LogP) is 3.56. The van der Waals surface area contributed by atoms with Crippen LogP contribution in [0.1, 0.15) is 38.3 Å². The standard InChI is InChI=1S/C19H25N3O2S/c1-4-21-17(23)16(18(24)22(5-2)19(21)25)13-20-14(3)11-12-15-9-7-6-8-10-15/h6-10,13-14,23H,4-5,11-12H2,1-3H3. The summed E-state index contributed by atoms with van der Waals surface area (Å²) in [5, 5.41) is 10.4. The van der Waals surface area contributed by atoms with E-state index in [1.807, 2.05) is 39.0 Å². The third-order valence-electron chi connectivity index (χ3n) is 4.22. The predicted molar refractivity (Wildman–Crippen MR) is 104 cm³/mol. The van der Waals surface area contributed by atoms with Crippen LogP contribution in [0.25, 0.3) is 0 Å². The van der Waals surface area contributed by atoms with Gasteiger partial charge in [0.25, 0.3) is 5.56 Å². The van der Waals surface area contributed by atoms with E-state index < -0.39 is 0 Å². The molecule has 0 fully saturated rings. The van der Waals surface area contributed by atoms with Crippen LogP contribution < -0.4 is 5.56 Å². The molecule has 0 amide bonds. The summed E-state index contributed by atoms with van der Waals surface area (Å²) in [6, 6.07) is 10.3. The number of hydrogen-bond acceptors (Lipinski definition) is 4. The molecule has 1 atom stereocenters. The number of hydrogen-bond donors (Lipinski definition) is 1. The van der Waals surface area contributed by atoms with Gasteiger partial charge in [-0.25, -0.2) is 0 Å². The molecular formula is C19H25N3O2S. The normalized spacial score (nSPS) is 12.6. The summed E-state index contributed by atoms with van der Waals surface area (Å²) in [5.74, 6) is -0.110. The molecule has 0 aliphatic rings. The Kier molecular flexibility index (Phi) is 6.70. The van der Waals surface area contributed by atoms with Gasteiger partial charge in [0.15, 0.2) is 4.77 Å². The van der Waals surface area contributed by atoms with Crippen LogP contribution in [0.2, 0.25) is 0 Å². The zero-order chi connectivity index (χ0) is 18.4. The smallest absolute Gasteiger partial charge is 0.267 e. The van der Waals surface area contributed by atoms with Crippen molar-refractivity contribution in [2.45, 2.75) is 52.7 Å². The van der Waals surface area contributed by atoms with Gasteiger partial charge in [-0.2, -0.15) is 0 Å². The molecule has 2 rings (SSSR count). The summed E-state index contributed by atoms with van der Waals surface area (Å²) >= 11 is 5.28. The molecule has 5 nitrogen and oxygen atoms in total. The fraction of sp³-hybridized carbons (Fsp3) is 0.421. The highest BCUT2D eigenvalue weighted by Gasteiger charge is 2.14. The molecule has 134 valence electrons. The van der Waals surface area contributed by atoms with Gasteiger partial charge < -0.3 is 5.11 Å². The highest BCUT2D eigenvalue weighted by Crippen LogP contribution is 2.14. The van der Waals surface area contributed by atoms with Crippen LogP contribution in [0.4, 0.5) is 0 Å². The molecule has 1 heterocycles. The van der Waals surface area contributed by atoms with E-state index in [0.717, 1.165) is 12.8 Å². The van der Waals surface area contributed by atoms with Crippen molar-refractivity contribution in [1.82, 2.24) is 9.13 Å². The summed E-state index contributed by atoms with van der Waals surface area (Å²) in [4.78, 5) is 17.0. The van der Waals surface area contributed by atoms with Gasteiger partial charge in [0.05, 0.1) is 0 Å². The van der Waals surface area contributed by atoms with Gasteiger partial charge in [-0.15, -0.1) is 0 Å². The van der Waals surface area contributed by atoms with Crippen LogP contribution in [-0.4, -0.2) is 26.5 Å². The van der Waals surface area contributed by atoms with E-state index in [1.54, 1.807) is 4.57 Å². The Morgan fingerprint density at radius 1 is 1.20 bits per heavy atom. The number of nitrogens with zero attached hydrogens (tertiary/aromatic N) is 3. The first-order valence-electron chi connectivity index (χ1n) is 8.63. The van der Waals surface area contributed by atoms with Crippen molar-refractivity contribution < 1.29 is 5.11 Å². The van der Waals surface area contributed by atoms with E-state index in [0.29, 0.717) is 17.9 Å². The van der Waals surface area contributed by atoms with Crippen molar-refractivity contribution in [3.8, 4) is 5.88 Å². The molecule has 1 aromatic carbocycles. The Bertz CT molecular complexity index is 853. The lowest BCUT2D eigenvalue weighted by Crippen LogP contribution is -2.28. The van der Waals surface area contributed by atoms with Crippen LogP contribution in [0, 0.1) is 4.77 Å². The quantitative estimate of drug-likeness (QED) is 0.607. The average molecular weight is 359 g/mol. The van der Waals surface area contributed by atoms with E-state index in [-0.39, 0.29) is 23.0 Å². The van der Waals surface area contributed by atoms with E-state index in [9.17, 15) is 9.90 Å². The lowest BCUT2D eigenvalue weighted by atomic mass is 10.1. The minimum atomic E-state index is -0.297. The Morgan fingerprint density at radius 3 is 2.44 bits per heavy atom. The van der Waals surface area contributed by atoms with Crippen LogP contribution in [0.3, 0.4) is 0 Å². The fourth-order valence-electron chi connectivity index (χ4n) is 2.68. The van der Waals surface area contributed by atoms with Crippen LogP contribution in [0.15, 0.2) is 40.1 Å². The molecule has 0 spiro atoms. The van der Waals surface area contributed by atoms with Gasteiger partial charge >= 0.3 is 0 Å². The van der Waals surface area contributed by atoms with Crippen LogP contribution in [0.5, 0.6) is 5.88 Å². The average Bonchev–Trinajstić information content (AvgIpc) is 2.61. The second kappa shape index (κ2) is 8.76. The molecule has 0 saturated carbocycles. The van der Waals surface area contributed by atoms with Gasteiger partial charge in [0.1, 0.15) is 5.56 Å². The zero-order valence-electron chi connectivity index (χ0n) is 15.0. The number of aryl methyl sites for hydroxylation is 1. The third kappa shape index (κ3) is 4.45. The molecule has 0 bridgehead atoms.